The second-order valence-electron chi connectivity index (χ2n) is 16.1. The molecule has 6 N–H and O–H groups in total. The smallest absolute Gasteiger partial charge is 0.0697 e. The van der Waals surface area contributed by atoms with Crippen LogP contribution in [0.25, 0.3) is 0 Å². The summed E-state index contributed by atoms with van der Waals surface area (Å²) in [7, 11) is 0. The average Bonchev–Trinajstić information content (AvgIpc) is 3.48. The van der Waals surface area contributed by atoms with Crippen molar-refractivity contribution >= 4 is 0 Å². The Labute approximate surface area is 213 Å². The van der Waals surface area contributed by atoms with E-state index in [0.717, 1.165) is 25.7 Å². The third-order valence-corrected chi connectivity index (χ3v) is 9.72. The minimum Gasteiger partial charge on any atom is -0.389 e. The van der Waals surface area contributed by atoms with Crippen LogP contribution in [0, 0.1) is 21.7 Å². The topological polar surface area (TPSA) is 92.5 Å². The first-order valence-electron chi connectivity index (χ1n) is 13.9. The number of nitrogens with two attached hydrogens (primary N) is 2. The molecule has 4 rings (SSSR count). The summed E-state index contributed by atoms with van der Waals surface area (Å²) in [6.45, 7) is 25.9. The van der Waals surface area contributed by atoms with Crippen LogP contribution in [-0.4, -0.2) is 32.5 Å². The molecule has 0 atom stereocenters. The van der Waals surface area contributed by atoms with Gasteiger partial charge in [0.15, 0.2) is 0 Å². The van der Waals surface area contributed by atoms with Crippen molar-refractivity contribution in [3.8, 4) is 0 Å². The molecule has 4 saturated carbocycles. The largest absolute Gasteiger partial charge is 0.389 e. The van der Waals surface area contributed by atoms with Gasteiger partial charge >= 0.3 is 0 Å². The standard InChI is InChI=1S/C8H17N.C8H16O.C7H15N.C7H14O/c2*1-7(2,3)8(9)5-4-6-8;2*1-6(2,3)7(8)4-5-7/h4-6,9H2,1-3H3;9H,4-6H2,1-3H3;4-5,8H2,1-3H3;8H,4-5H2,1-3H3. The van der Waals surface area contributed by atoms with E-state index < -0.39 is 0 Å². The first kappa shape index (κ1) is 31.9. The Kier molecular flexibility index (Phi) is 9.33. The molecule has 0 radical (unpaired) electrons. The second kappa shape index (κ2) is 9.95. The van der Waals surface area contributed by atoms with Gasteiger partial charge in [0.2, 0.25) is 0 Å². The van der Waals surface area contributed by atoms with Crippen molar-refractivity contribution in [3.63, 3.8) is 0 Å². The zero-order valence-corrected chi connectivity index (χ0v) is 25.1. The van der Waals surface area contributed by atoms with E-state index in [1.807, 2.05) is 0 Å². The molecule has 0 bridgehead atoms. The number of hydrogen-bond donors (Lipinski definition) is 4. The Morgan fingerprint density at radius 3 is 0.676 bits per heavy atom. The van der Waals surface area contributed by atoms with Crippen LogP contribution in [-0.2, 0) is 0 Å². The third kappa shape index (κ3) is 7.92. The molecule has 4 nitrogen and oxygen atoms in total. The minimum absolute atomic E-state index is 0.0885. The summed E-state index contributed by atoms with van der Waals surface area (Å²) in [6, 6.07) is 0. The third-order valence-electron chi connectivity index (χ3n) is 9.72. The van der Waals surface area contributed by atoms with Crippen molar-refractivity contribution in [2.24, 2.45) is 33.1 Å². The van der Waals surface area contributed by atoms with Crippen molar-refractivity contribution in [1.29, 1.82) is 0 Å². The predicted molar refractivity (Wildman–Crippen MR) is 148 cm³/mol. The van der Waals surface area contributed by atoms with Gasteiger partial charge in [-0.05, 0) is 85.9 Å². The summed E-state index contributed by atoms with van der Waals surface area (Å²) in [5.74, 6) is 0. The highest BCUT2D eigenvalue weighted by Gasteiger charge is 2.50. The summed E-state index contributed by atoms with van der Waals surface area (Å²) < 4.78 is 0. The molecule has 0 amide bonds. The summed E-state index contributed by atoms with van der Waals surface area (Å²) in [5, 5.41) is 19.2. The molecule has 0 saturated heterocycles. The molecule has 0 aromatic carbocycles. The van der Waals surface area contributed by atoms with Crippen LogP contribution in [0.1, 0.15) is 147 Å². The molecule has 4 fully saturated rings. The molecule has 34 heavy (non-hydrogen) atoms. The predicted octanol–water partition coefficient (Wildman–Crippen LogP) is 6.94. The van der Waals surface area contributed by atoms with Gasteiger partial charge in [-0.1, -0.05) is 83.1 Å². The Morgan fingerprint density at radius 2 is 0.676 bits per heavy atom. The van der Waals surface area contributed by atoms with Crippen molar-refractivity contribution in [2.45, 2.75) is 170 Å². The first-order chi connectivity index (χ1) is 14.8. The van der Waals surface area contributed by atoms with Gasteiger partial charge in [-0.25, -0.2) is 0 Å². The van der Waals surface area contributed by atoms with E-state index in [1.165, 1.54) is 38.5 Å². The van der Waals surface area contributed by atoms with Crippen LogP contribution in [0.3, 0.4) is 0 Å². The van der Waals surface area contributed by atoms with Crippen LogP contribution in [0.4, 0.5) is 0 Å². The van der Waals surface area contributed by atoms with Crippen LogP contribution in [0.15, 0.2) is 0 Å². The normalized spacial score (nSPS) is 25.4. The fraction of sp³-hybridized carbons (Fsp3) is 1.00. The van der Waals surface area contributed by atoms with Crippen molar-refractivity contribution in [2.75, 3.05) is 0 Å². The maximum atomic E-state index is 9.75. The molecular formula is C30H62N2O2. The van der Waals surface area contributed by atoms with Crippen molar-refractivity contribution in [3.05, 3.63) is 0 Å². The summed E-state index contributed by atoms with van der Waals surface area (Å²) in [6.07, 6.45) is 11.4. The van der Waals surface area contributed by atoms with Gasteiger partial charge in [-0.3, -0.25) is 0 Å². The van der Waals surface area contributed by atoms with E-state index in [9.17, 15) is 10.2 Å². The van der Waals surface area contributed by atoms with Crippen LogP contribution in [0.5, 0.6) is 0 Å². The zero-order chi connectivity index (χ0) is 27.1. The molecule has 4 heteroatoms. The SMILES string of the molecule is CC(C)(C)C1(N)CC1.CC(C)(C)C1(N)CCC1.CC(C)(C)C1(O)CC1.CC(C)(C)C1(O)CCC1. The highest BCUT2D eigenvalue weighted by atomic mass is 16.3. The maximum absolute atomic E-state index is 9.75. The highest BCUT2D eigenvalue weighted by molar-refractivity contribution is 5.07. The van der Waals surface area contributed by atoms with Gasteiger partial charge in [0.1, 0.15) is 0 Å². The molecule has 0 spiro atoms. The average molecular weight is 483 g/mol. The second-order valence-corrected chi connectivity index (χ2v) is 16.1. The summed E-state index contributed by atoms with van der Waals surface area (Å²) >= 11 is 0. The van der Waals surface area contributed by atoms with E-state index in [-0.39, 0.29) is 33.1 Å². The molecule has 0 unspecified atom stereocenters. The molecule has 0 heterocycles. The lowest BCUT2D eigenvalue weighted by molar-refractivity contribution is -0.117. The van der Waals surface area contributed by atoms with Crippen LogP contribution < -0.4 is 11.5 Å². The zero-order valence-electron chi connectivity index (χ0n) is 25.1. The summed E-state index contributed by atoms with van der Waals surface area (Å²) in [4.78, 5) is 0. The lowest BCUT2D eigenvalue weighted by Crippen LogP contribution is -2.56. The number of aliphatic hydroxyl groups is 2. The van der Waals surface area contributed by atoms with Crippen molar-refractivity contribution < 1.29 is 10.2 Å². The number of hydrogen-bond acceptors (Lipinski definition) is 4. The minimum atomic E-state index is -0.340. The van der Waals surface area contributed by atoms with Crippen molar-refractivity contribution in [1.82, 2.24) is 0 Å². The Bertz CT molecular complexity index is 575. The maximum Gasteiger partial charge on any atom is 0.0697 e. The lowest BCUT2D eigenvalue weighted by atomic mass is 9.62. The van der Waals surface area contributed by atoms with Gasteiger partial charge in [0.05, 0.1) is 11.2 Å². The molecule has 4 aliphatic carbocycles. The van der Waals surface area contributed by atoms with E-state index in [1.54, 1.807) is 0 Å². The fourth-order valence-corrected chi connectivity index (χ4v) is 4.32. The fourth-order valence-electron chi connectivity index (χ4n) is 4.32. The Hall–Kier alpha value is -0.160. The molecule has 0 aromatic rings. The quantitative estimate of drug-likeness (QED) is 0.301. The van der Waals surface area contributed by atoms with E-state index in [0.29, 0.717) is 10.8 Å². The van der Waals surface area contributed by atoms with E-state index in [2.05, 4.69) is 83.1 Å². The molecular weight excluding hydrogens is 420 g/mol. The monoisotopic (exact) mass is 482 g/mol. The Morgan fingerprint density at radius 1 is 0.412 bits per heavy atom. The van der Waals surface area contributed by atoms with Crippen LogP contribution in [0.2, 0.25) is 0 Å². The number of rotatable bonds is 0. The highest BCUT2D eigenvalue weighted by Crippen LogP contribution is 2.49. The molecule has 204 valence electrons. The molecule has 0 aromatic heterocycles. The molecule has 0 aliphatic heterocycles. The van der Waals surface area contributed by atoms with Gasteiger partial charge < -0.3 is 21.7 Å². The Balaban J connectivity index is 0.000000227. The lowest BCUT2D eigenvalue weighted by Gasteiger charge is -2.48. The van der Waals surface area contributed by atoms with Gasteiger partial charge in [-0.15, -0.1) is 0 Å². The van der Waals surface area contributed by atoms with Gasteiger partial charge in [0.25, 0.3) is 0 Å². The van der Waals surface area contributed by atoms with Gasteiger partial charge in [-0.2, -0.15) is 0 Å². The van der Waals surface area contributed by atoms with Crippen LogP contribution >= 0.6 is 0 Å². The van der Waals surface area contributed by atoms with E-state index >= 15 is 0 Å². The summed E-state index contributed by atoms with van der Waals surface area (Å²) in [5.41, 5.74) is 12.5. The molecule has 4 aliphatic rings. The van der Waals surface area contributed by atoms with E-state index in [4.69, 9.17) is 11.5 Å². The first-order valence-corrected chi connectivity index (χ1v) is 13.9. The van der Waals surface area contributed by atoms with Gasteiger partial charge in [0, 0.05) is 11.1 Å².